The summed E-state index contributed by atoms with van der Waals surface area (Å²) in [5, 5.41) is 5.66. The van der Waals surface area contributed by atoms with Gasteiger partial charge in [0.25, 0.3) is 0 Å². The van der Waals surface area contributed by atoms with E-state index in [9.17, 15) is 4.79 Å². The van der Waals surface area contributed by atoms with Crippen LogP contribution in [-0.2, 0) is 4.79 Å². The Bertz CT molecular complexity index is 166. The summed E-state index contributed by atoms with van der Waals surface area (Å²) in [4.78, 5) is 11.2. The molecule has 0 aliphatic rings. The van der Waals surface area contributed by atoms with Gasteiger partial charge in [-0.3, -0.25) is 4.79 Å². The molecular weight excluding hydrogens is 152 g/mol. The maximum atomic E-state index is 11.2. The van der Waals surface area contributed by atoms with E-state index in [0.29, 0.717) is 13.1 Å². The molecule has 0 heterocycles. The normalized spacial score (nSPS) is 11.8. The molecule has 0 saturated carbocycles. The Morgan fingerprint density at radius 1 is 1.42 bits per heavy atom. The summed E-state index contributed by atoms with van der Waals surface area (Å²) in [6.07, 6.45) is 3.37. The molecule has 0 rings (SSSR count). The van der Waals surface area contributed by atoms with Crippen LogP contribution in [0, 0.1) is 0 Å². The number of amides is 1. The molecule has 3 heteroatoms. The zero-order valence-corrected chi connectivity index (χ0v) is 7.47. The fourth-order valence-electron chi connectivity index (χ4n) is 0.679. The first-order chi connectivity index (χ1) is 5.72. The highest BCUT2D eigenvalue weighted by Crippen LogP contribution is 1.80. The first-order valence-corrected chi connectivity index (χ1v) is 3.95. The molecule has 2 N–H and O–H groups in total. The molecule has 0 aliphatic carbocycles. The van der Waals surface area contributed by atoms with Gasteiger partial charge in [-0.25, -0.2) is 0 Å². The fraction of sp³-hybridized carbons (Fsp3) is 0.444. The Morgan fingerprint density at radius 2 is 2.00 bits per heavy atom. The third-order valence-electron chi connectivity index (χ3n) is 1.38. The average molecular weight is 168 g/mol. The van der Waals surface area contributed by atoms with E-state index in [2.05, 4.69) is 23.8 Å². The van der Waals surface area contributed by atoms with Crippen molar-refractivity contribution < 1.29 is 4.79 Å². The maximum absolute atomic E-state index is 11.2. The topological polar surface area (TPSA) is 41.1 Å². The molecule has 1 atom stereocenters. The summed E-state index contributed by atoms with van der Waals surface area (Å²) < 4.78 is 0. The first-order valence-electron chi connectivity index (χ1n) is 3.95. The van der Waals surface area contributed by atoms with Gasteiger partial charge in [0.2, 0.25) is 5.91 Å². The molecule has 0 spiro atoms. The SMILES string of the molecule is C=CCNC(=O)C(C)NCC=C. The lowest BCUT2D eigenvalue weighted by atomic mass is 10.3. The van der Waals surface area contributed by atoms with Crippen LogP contribution in [0.1, 0.15) is 6.92 Å². The smallest absolute Gasteiger partial charge is 0.237 e. The molecular formula is C9H16N2O. The van der Waals surface area contributed by atoms with Gasteiger partial charge in [0.15, 0.2) is 0 Å². The van der Waals surface area contributed by atoms with Gasteiger partial charge in [0.1, 0.15) is 0 Å². The van der Waals surface area contributed by atoms with Gasteiger partial charge in [-0.15, -0.1) is 13.2 Å². The zero-order valence-electron chi connectivity index (χ0n) is 7.47. The van der Waals surface area contributed by atoms with E-state index in [0.717, 1.165) is 0 Å². The minimum atomic E-state index is -0.178. The Kier molecular flexibility index (Phi) is 6.01. The molecule has 0 saturated heterocycles. The van der Waals surface area contributed by atoms with E-state index in [1.165, 1.54) is 0 Å². The minimum Gasteiger partial charge on any atom is -0.351 e. The number of carbonyl (C=O) groups is 1. The maximum Gasteiger partial charge on any atom is 0.237 e. The highest BCUT2D eigenvalue weighted by Gasteiger charge is 2.08. The minimum absolute atomic E-state index is 0.0169. The summed E-state index contributed by atoms with van der Waals surface area (Å²) in [6, 6.07) is -0.178. The van der Waals surface area contributed by atoms with Crippen molar-refractivity contribution in [2.45, 2.75) is 13.0 Å². The van der Waals surface area contributed by atoms with Gasteiger partial charge < -0.3 is 10.6 Å². The van der Waals surface area contributed by atoms with Crippen molar-refractivity contribution in [1.29, 1.82) is 0 Å². The van der Waals surface area contributed by atoms with Crippen LogP contribution < -0.4 is 10.6 Å². The quantitative estimate of drug-likeness (QED) is 0.565. The number of nitrogens with one attached hydrogen (secondary N) is 2. The standard InChI is InChI=1S/C9H16N2O/c1-4-6-10-8(3)9(12)11-7-5-2/h4-5,8,10H,1-2,6-7H2,3H3,(H,11,12). The van der Waals surface area contributed by atoms with E-state index in [-0.39, 0.29) is 11.9 Å². The molecule has 0 aromatic carbocycles. The largest absolute Gasteiger partial charge is 0.351 e. The van der Waals surface area contributed by atoms with E-state index < -0.39 is 0 Å². The molecule has 1 amide bonds. The van der Waals surface area contributed by atoms with E-state index in [1.807, 2.05) is 6.92 Å². The Balaban J connectivity index is 3.60. The fourth-order valence-corrected chi connectivity index (χ4v) is 0.679. The van der Waals surface area contributed by atoms with Crippen molar-refractivity contribution in [3.63, 3.8) is 0 Å². The van der Waals surface area contributed by atoms with Crippen molar-refractivity contribution >= 4 is 5.91 Å². The second kappa shape index (κ2) is 6.61. The predicted molar refractivity (Wildman–Crippen MR) is 50.9 cm³/mol. The Labute approximate surface area is 73.5 Å². The lowest BCUT2D eigenvalue weighted by Gasteiger charge is -2.11. The molecule has 0 bridgehead atoms. The van der Waals surface area contributed by atoms with Gasteiger partial charge in [0, 0.05) is 13.1 Å². The number of hydrogen-bond acceptors (Lipinski definition) is 2. The van der Waals surface area contributed by atoms with Crippen LogP contribution in [0.2, 0.25) is 0 Å². The van der Waals surface area contributed by atoms with Gasteiger partial charge >= 0.3 is 0 Å². The molecule has 12 heavy (non-hydrogen) atoms. The van der Waals surface area contributed by atoms with Gasteiger partial charge in [-0.2, -0.15) is 0 Å². The Morgan fingerprint density at radius 3 is 2.50 bits per heavy atom. The van der Waals surface area contributed by atoms with Crippen molar-refractivity contribution in [3.8, 4) is 0 Å². The molecule has 0 aromatic rings. The third-order valence-corrected chi connectivity index (χ3v) is 1.38. The van der Waals surface area contributed by atoms with E-state index in [4.69, 9.17) is 0 Å². The van der Waals surface area contributed by atoms with Crippen LogP contribution in [0.25, 0.3) is 0 Å². The molecule has 0 radical (unpaired) electrons. The van der Waals surface area contributed by atoms with E-state index >= 15 is 0 Å². The second-order valence-corrected chi connectivity index (χ2v) is 2.45. The first kappa shape index (κ1) is 10.9. The van der Waals surface area contributed by atoms with Crippen molar-refractivity contribution in [2.75, 3.05) is 13.1 Å². The van der Waals surface area contributed by atoms with Crippen LogP contribution in [0.3, 0.4) is 0 Å². The summed E-state index contributed by atoms with van der Waals surface area (Å²) in [5.74, 6) is -0.0169. The molecule has 0 fully saturated rings. The zero-order chi connectivity index (χ0) is 9.40. The summed E-state index contributed by atoms with van der Waals surface area (Å²) in [6.45, 7) is 10.0. The van der Waals surface area contributed by atoms with Crippen molar-refractivity contribution in [1.82, 2.24) is 10.6 Å². The van der Waals surface area contributed by atoms with Crippen LogP contribution in [0.4, 0.5) is 0 Å². The Hall–Kier alpha value is -1.09. The highest BCUT2D eigenvalue weighted by atomic mass is 16.2. The molecule has 68 valence electrons. The monoisotopic (exact) mass is 168 g/mol. The lowest BCUT2D eigenvalue weighted by molar-refractivity contribution is -0.122. The van der Waals surface area contributed by atoms with Crippen LogP contribution in [-0.4, -0.2) is 25.0 Å². The van der Waals surface area contributed by atoms with Crippen LogP contribution in [0.15, 0.2) is 25.3 Å². The molecule has 0 aliphatic heterocycles. The number of rotatable bonds is 6. The van der Waals surface area contributed by atoms with Crippen molar-refractivity contribution in [3.05, 3.63) is 25.3 Å². The lowest BCUT2D eigenvalue weighted by Crippen LogP contribution is -2.42. The number of hydrogen-bond donors (Lipinski definition) is 2. The van der Waals surface area contributed by atoms with E-state index in [1.54, 1.807) is 12.2 Å². The summed E-state index contributed by atoms with van der Waals surface area (Å²) >= 11 is 0. The molecule has 0 aromatic heterocycles. The highest BCUT2D eigenvalue weighted by molar-refractivity contribution is 5.81. The average Bonchev–Trinajstić information content (AvgIpc) is 2.10. The second-order valence-electron chi connectivity index (χ2n) is 2.45. The predicted octanol–water partition coefficient (Wildman–Crippen LogP) is 0.453. The summed E-state index contributed by atoms with van der Waals surface area (Å²) in [5.41, 5.74) is 0. The molecule has 3 nitrogen and oxygen atoms in total. The van der Waals surface area contributed by atoms with Gasteiger partial charge in [-0.05, 0) is 6.92 Å². The number of carbonyl (C=O) groups excluding carboxylic acids is 1. The van der Waals surface area contributed by atoms with Crippen LogP contribution in [0.5, 0.6) is 0 Å². The van der Waals surface area contributed by atoms with Gasteiger partial charge in [0.05, 0.1) is 6.04 Å². The summed E-state index contributed by atoms with van der Waals surface area (Å²) in [7, 11) is 0. The molecule has 1 unspecified atom stereocenters. The third kappa shape index (κ3) is 4.68. The van der Waals surface area contributed by atoms with Crippen LogP contribution >= 0.6 is 0 Å². The van der Waals surface area contributed by atoms with Crippen molar-refractivity contribution in [2.24, 2.45) is 0 Å². The van der Waals surface area contributed by atoms with Gasteiger partial charge in [-0.1, -0.05) is 12.2 Å².